The van der Waals surface area contributed by atoms with Crippen LogP contribution < -0.4 is 0 Å². The fourth-order valence-corrected chi connectivity index (χ4v) is 3.74. The average Bonchev–Trinajstić information content (AvgIpc) is 3.01. The third kappa shape index (κ3) is 4.82. The van der Waals surface area contributed by atoms with Gasteiger partial charge in [0.25, 0.3) is 0 Å². The second-order valence-corrected chi connectivity index (χ2v) is 6.86. The Morgan fingerprint density at radius 2 is 2.24 bits per heavy atom. The molecule has 0 aliphatic heterocycles. The van der Waals surface area contributed by atoms with Gasteiger partial charge in [0.05, 0.1) is 17.9 Å². The van der Waals surface area contributed by atoms with E-state index in [-0.39, 0.29) is 6.42 Å². The van der Waals surface area contributed by atoms with E-state index in [4.69, 9.17) is 9.63 Å². The number of aliphatic carboxylic acids is 1. The van der Waals surface area contributed by atoms with Crippen molar-refractivity contribution < 1.29 is 14.4 Å². The fourth-order valence-electron chi connectivity index (χ4n) is 1.67. The lowest BCUT2D eigenvalue weighted by molar-refractivity contribution is -0.136. The molecule has 2 rings (SSSR count). The average molecular weight is 327 g/mol. The van der Waals surface area contributed by atoms with Gasteiger partial charge < -0.3 is 9.63 Å². The Bertz CT molecular complexity index is 610. The number of hydrogen-bond acceptors (Lipinski definition) is 7. The summed E-state index contributed by atoms with van der Waals surface area (Å²) in [4.78, 5) is 20.2. The number of nitrogens with zero attached hydrogens (tertiary/aromatic N) is 3. The summed E-state index contributed by atoms with van der Waals surface area (Å²) in [6.45, 7) is 3.95. The third-order valence-electron chi connectivity index (χ3n) is 2.77. The van der Waals surface area contributed by atoms with Crippen LogP contribution in [0.3, 0.4) is 0 Å². The largest absolute Gasteiger partial charge is 0.481 e. The molecule has 21 heavy (non-hydrogen) atoms. The van der Waals surface area contributed by atoms with E-state index in [1.807, 2.05) is 6.92 Å². The molecule has 2 aromatic rings. The molecule has 0 saturated carbocycles. The first-order chi connectivity index (χ1) is 10.1. The molecule has 0 fully saturated rings. The van der Waals surface area contributed by atoms with Crippen LogP contribution in [0.15, 0.2) is 8.86 Å². The first-order valence-corrected chi connectivity index (χ1v) is 8.51. The van der Waals surface area contributed by atoms with Crippen LogP contribution in [-0.4, -0.2) is 26.2 Å². The normalized spacial score (nSPS) is 11.0. The van der Waals surface area contributed by atoms with E-state index < -0.39 is 5.97 Å². The van der Waals surface area contributed by atoms with E-state index in [9.17, 15) is 4.79 Å². The number of aryl methyl sites for hydroxylation is 2. The highest BCUT2D eigenvalue weighted by Crippen LogP contribution is 2.29. The molecular formula is C13H17N3O3S2. The van der Waals surface area contributed by atoms with Crippen LogP contribution in [0, 0.1) is 6.92 Å². The van der Waals surface area contributed by atoms with Crippen LogP contribution >= 0.6 is 23.1 Å². The van der Waals surface area contributed by atoms with Gasteiger partial charge in [0.15, 0.2) is 10.2 Å². The van der Waals surface area contributed by atoms with Crippen molar-refractivity contribution in [3.63, 3.8) is 0 Å². The Labute approximate surface area is 131 Å². The molecule has 114 valence electrons. The Kier molecular flexibility index (Phi) is 5.75. The van der Waals surface area contributed by atoms with Crippen LogP contribution in [-0.2, 0) is 23.4 Å². The molecule has 0 atom stereocenters. The number of rotatable bonds is 8. The van der Waals surface area contributed by atoms with Gasteiger partial charge in [-0.05, 0) is 13.3 Å². The molecule has 0 aromatic carbocycles. The van der Waals surface area contributed by atoms with Crippen LogP contribution in [0.1, 0.15) is 42.1 Å². The number of thiazole rings is 1. The lowest BCUT2D eigenvalue weighted by atomic mass is 10.2. The zero-order valence-electron chi connectivity index (χ0n) is 12.0. The van der Waals surface area contributed by atoms with Gasteiger partial charge >= 0.3 is 5.97 Å². The summed E-state index contributed by atoms with van der Waals surface area (Å²) >= 11 is 2.90. The van der Waals surface area contributed by atoms with Crippen molar-refractivity contribution in [1.82, 2.24) is 15.1 Å². The number of unbranched alkanes of at least 4 members (excludes halogenated alkanes) is 1. The smallest absolute Gasteiger partial charge is 0.308 e. The third-order valence-corrected chi connectivity index (χ3v) is 5.05. The summed E-state index contributed by atoms with van der Waals surface area (Å²) in [5, 5.41) is 12.8. The van der Waals surface area contributed by atoms with Gasteiger partial charge in [-0.25, -0.2) is 4.98 Å². The number of thioether (sulfide) groups is 1. The van der Waals surface area contributed by atoms with Gasteiger partial charge in [-0.2, -0.15) is 4.98 Å². The van der Waals surface area contributed by atoms with Crippen LogP contribution in [0.5, 0.6) is 0 Å². The van der Waals surface area contributed by atoms with Gasteiger partial charge in [0.1, 0.15) is 0 Å². The molecule has 0 aliphatic rings. The van der Waals surface area contributed by atoms with Gasteiger partial charge in [0.2, 0.25) is 5.89 Å². The van der Waals surface area contributed by atoms with E-state index in [0.717, 1.165) is 40.0 Å². The van der Waals surface area contributed by atoms with Crippen molar-refractivity contribution in [2.75, 3.05) is 0 Å². The summed E-state index contributed by atoms with van der Waals surface area (Å²) < 4.78 is 6.02. The van der Waals surface area contributed by atoms with Crippen molar-refractivity contribution in [2.45, 2.75) is 49.6 Å². The van der Waals surface area contributed by atoms with E-state index in [0.29, 0.717) is 11.6 Å². The topological polar surface area (TPSA) is 89.1 Å². The van der Waals surface area contributed by atoms with Gasteiger partial charge in [-0.1, -0.05) is 30.3 Å². The lowest BCUT2D eigenvalue weighted by Crippen LogP contribution is -1.99. The van der Waals surface area contributed by atoms with Crippen molar-refractivity contribution in [2.24, 2.45) is 0 Å². The maximum absolute atomic E-state index is 10.7. The molecule has 0 amide bonds. The second-order valence-electron chi connectivity index (χ2n) is 4.56. The van der Waals surface area contributed by atoms with Crippen LogP contribution in [0.4, 0.5) is 0 Å². The van der Waals surface area contributed by atoms with Crippen molar-refractivity contribution in [1.29, 1.82) is 0 Å². The van der Waals surface area contributed by atoms with E-state index in [2.05, 4.69) is 22.0 Å². The first kappa shape index (κ1) is 16.0. The number of hydrogen-bond donors (Lipinski definition) is 1. The predicted molar refractivity (Wildman–Crippen MR) is 80.7 cm³/mol. The Morgan fingerprint density at radius 1 is 1.43 bits per heavy atom. The number of carboxylic acids is 1. The SMILES string of the molecule is CCCCc1noc(CSc2nc(C)c(CC(=O)O)s2)n1. The van der Waals surface area contributed by atoms with Gasteiger partial charge in [0, 0.05) is 11.3 Å². The minimum Gasteiger partial charge on any atom is -0.481 e. The molecule has 2 heterocycles. The summed E-state index contributed by atoms with van der Waals surface area (Å²) in [6, 6.07) is 0. The minimum atomic E-state index is -0.837. The summed E-state index contributed by atoms with van der Waals surface area (Å²) in [7, 11) is 0. The summed E-state index contributed by atoms with van der Waals surface area (Å²) in [6.07, 6.45) is 3.01. The molecule has 1 N–H and O–H groups in total. The molecular weight excluding hydrogens is 310 g/mol. The molecule has 0 saturated heterocycles. The highest BCUT2D eigenvalue weighted by molar-refractivity contribution is 8.00. The lowest BCUT2D eigenvalue weighted by Gasteiger charge is -1.91. The molecule has 2 aromatic heterocycles. The molecule has 0 radical (unpaired) electrons. The molecule has 0 spiro atoms. The zero-order chi connectivity index (χ0) is 15.2. The van der Waals surface area contributed by atoms with Crippen LogP contribution in [0.25, 0.3) is 0 Å². The van der Waals surface area contributed by atoms with E-state index in [1.54, 1.807) is 0 Å². The molecule has 0 aliphatic carbocycles. The number of carbonyl (C=O) groups is 1. The minimum absolute atomic E-state index is 0.0196. The monoisotopic (exact) mass is 327 g/mol. The molecule has 6 nitrogen and oxygen atoms in total. The summed E-state index contributed by atoms with van der Waals surface area (Å²) in [5.41, 5.74) is 0.777. The van der Waals surface area contributed by atoms with Gasteiger partial charge in [-0.3, -0.25) is 4.79 Å². The fraction of sp³-hybridized carbons (Fsp3) is 0.538. The highest BCUT2D eigenvalue weighted by atomic mass is 32.2. The number of aromatic nitrogens is 3. The van der Waals surface area contributed by atoms with Crippen LogP contribution in [0.2, 0.25) is 0 Å². The quantitative estimate of drug-likeness (QED) is 0.745. The van der Waals surface area contributed by atoms with E-state index >= 15 is 0 Å². The molecule has 0 unspecified atom stereocenters. The maximum atomic E-state index is 10.7. The Hall–Kier alpha value is -1.41. The number of carboxylic acid groups (broad SMARTS) is 1. The van der Waals surface area contributed by atoms with Crippen molar-refractivity contribution in [3.8, 4) is 0 Å². The van der Waals surface area contributed by atoms with Crippen molar-refractivity contribution in [3.05, 3.63) is 22.3 Å². The predicted octanol–water partition coefficient (Wildman–Crippen LogP) is 3.10. The Balaban J connectivity index is 1.90. The Morgan fingerprint density at radius 3 is 2.95 bits per heavy atom. The molecule has 8 heteroatoms. The van der Waals surface area contributed by atoms with Gasteiger partial charge in [-0.15, -0.1) is 11.3 Å². The maximum Gasteiger partial charge on any atom is 0.308 e. The molecule has 0 bridgehead atoms. The second kappa shape index (κ2) is 7.56. The zero-order valence-corrected chi connectivity index (χ0v) is 13.6. The van der Waals surface area contributed by atoms with Crippen molar-refractivity contribution >= 4 is 29.1 Å². The first-order valence-electron chi connectivity index (χ1n) is 6.70. The summed E-state index contributed by atoms with van der Waals surface area (Å²) in [5.74, 6) is 1.04. The highest BCUT2D eigenvalue weighted by Gasteiger charge is 2.13. The van der Waals surface area contributed by atoms with E-state index in [1.165, 1.54) is 23.1 Å². The standard InChI is InChI=1S/C13H17N3O3S2/c1-3-4-5-10-15-11(19-16-10)7-20-13-14-8(2)9(21-13)6-12(17)18/h3-7H2,1-2H3,(H,17,18).